The Morgan fingerprint density at radius 3 is 2.44 bits per heavy atom. The van der Waals surface area contributed by atoms with Gasteiger partial charge in [-0.15, -0.1) is 11.8 Å². The number of aryl methyl sites for hydroxylation is 1. The van der Waals surface area contributed by atoms with Crippen LogP contribution in [0.5, 0.6) is 5.75 Å². The highest BCUT2D eigenvalue weighted by molar-refractivity contribution is 8.01. The van der Waals surface area contributed by atoms with Crippen molar-refractivity contribution in [2.45, 2.75) is 42.1 Å². The number of aliphatic carboxylic acids is 1. The largest absolute Gasteiger partial charge is 0.480 e. The van der Waals surface area contributed by atoms with Crippen molar-refractivity contribution in [2.24, 2.45) is 7.05 Å². The molecule has 2 aliphatic rings. The molecule has 1 aromatic carbocycles. The van der Waals surface area contributed by atoms with Crippen molar-refractivity contribution < 1.29 is 32.6 Å². The highest BCUT2D eigenvalue weighted by Crippen LogP contribution is 2.31. The Bertz CT molecular complexity index is 1320. The number of hydrogen-bond acceptors (Lipinski definition) is 10. The van der Waals surface area contributed by atoms with E-state index in [9.17, 15) is 27.9 Å². The van der Waals surface area contributed by atoms with Gasteiger partial charge in [0.25, 0.3) is 15.9 Å². The first-order chi connectivity index (χ1) is 18.4. The summed E-state index contributed by atoms with van der Waals surface area (Å²) in [4.78, 5) is 39.8. The molecule has 2 aliphatic heterocycles. The van der Waals surface area contributed by atoms with Crippen molar-refractivity contribution in [1.82, 2.24) is 24.3 Å². The van der Waals surface area contributed by atoms with E-state index in [-0.39, 0.29) is 17.1 Å². The zero-order chi connectivity index (χ0) is 28.4. The number of nitrogens with one attached hydrogen (secondary N) is 1. The number of sulfonamides is 1. The predicted molar refractivity (Wildman–Crippen MR) is 147 cm³/mol. The summed E-state index contributed by atoms with van der Waals surface area (Å²) in [5.41, 5.74) is 0.0106. The molecule has 0 unspecified atom stereocenters. The van der Waals surface area contributed by atoms with Gasteiger partial charge in [0, 0.05) is 55.6 Å². The summed E-state index contributed by atoms with van der Waals surface area (Å²) in [6, 6.07) is 4.41. The predicted octanol–water partition coefficient (Wildman–Crippen LogP) is 1.62. The van der Waals surface area contributed by atoms with E-state index in [0.29, 0.717) is 28.7 Å². The molecule has 0 spiro atoms. The molecule has 1 aromatic heterocycles. The van der Waals surface area contributed by atoms with E-state index in [2.05, 4.69) is 10.4 Å². The van der Waals surface area contributed by atoms with Crippen LogP contribution in [0.4, 0.5) is 4.79 Å². The van der Waals surface area contributed by atoms with Crippen LogP contribution in [-0.4, -0.2) is 97.8 Å². The van der Waals surface area contributed by atoms with Crippen LogP contribution in [0.3, 0.4) is 0 Å². The summed E-state index contributed by atoms with van der Waals surface area (Å²) in [6.45, 7) is 4.95. The zero-order valence-corrected chi connectivity index (χ0v) is 24.2. The molecule has 0 bridgehead atoms. The van der Waals surface area contributed by atoms with Crippen molar-refractivity contribution >= 4 is 51.5 Å². The second-order valence-electron chi connectivity index (χ2n) is 9.88. The minimum atomic E-state index is -4.57. The summed E-state index contributed by atoms with van der Waals surface area (Å²) in [5, 5.41) is 16.2. The molecule has 3 heterocycles. The van der Waals surface area contributed by atoms with Gasteiger partial charge in [-0.25, -0.2) is 22.3 Å². The van der Waals surface area contributed by atoms with Gasteiger partial charge in [-0.05, 0) is 31.5 Å². The fraction of sp³-hybridized carbons (Fsp3) is 0.500. The Hall–Kier alpha value is -2.75. The molecule has 2 N–H and O–H groups in total. The second kappa shape index (κ2) is 11.8. The van der Waals surface area contributed by atoms with Gasteiger partial charge in [-0.1, -0.05) is 12.1 Å². The second-order valence-corrected chi connectivity index (χ2v) is 14.0. The van der Waals surface area contributed by atoms with E-state index in [4.69, 9.17) is 4.74 Å². The van der Waals surface area contributed by atoms with E-state index >= 15 is 0 Å². The monoisotopic (exact) mass is 597 g/mol. The molecule has 39 heavy (non-hydrogen) atoms. The molecular formula is C24H31N5O7S3. The van der Waals surface area contributed by atoms with Crippen LogP contribution in [0.1, 0.15) is 19.4 Å². The number of rotatable bonds is 8. The van der Waals surface area contributed by atoms with Gasteiger partial charge in [0.1, 0.15) is 22.1 Å². The van der Waals surface area contributed by atoms with Crippen molar-refractivity contribution in [3.05, 3.63) is 42.2 Å². The summed E-state index contributed by atoms with van der Waals surface area (Å²) < 4.78 is 34.5. The first kappa shape index (κ1) is 29.2. The zero-order valence-electron chi connectivity index (χ0n) is 21.8. The molecule has 0 saturated carbocycles. The number of carbonyl (C=O) groups is 3. The number of thioether (sulfide) groups is 2. The molecule has 0 radical (unpaired) electrons. The maximum Gasteiger partial charge on any atom is 0.415 e. The van der Waals surface area contributed by atoms with E-state index in [1.165, 1.54) is 41.8 Å². The molecule has 0 aliphatic carbocycles. The third kappa shape index (κ3) is 6.88. The summed E-state index contributed by atoms with van der Waals surface area (Å²) >= 11 is 2.99. The van der Waals surface area contributed by atoms with Crippen LogP contribution >= 0.6 is 23.5 Å². The minimum absolute atomic E-state index is 0.276. The smallest absolute Gasteiger partial charge is 0.415 e. The number of benzene rings is 1. The lowest BCUT2D eigenvalue weighted by Crippen LogP contribution is -2.55. The minimum Gasteiger partial charge on any atom is -0.480 e. The van der Waals surface area contributed by atoms with Crippen LogP contribution in [0, 0.1) is 0 Å². The van der Waals surface area contributed by atoms with E-state index in [0.717, 1.165) is 17.7 Å². The number of amides is 2. The Balaban J connectivity index is 1.59. The van der Waals surface area contributed by atoms with E-state index in [1.54, 1.807) is 28.8 Å². The van der Waals surface area contributed by atoms with Gasteiger partial charge in [0.05, 0.1) is 6.20 Å². The number of ether oxygens (including phenoxy) is 1. The Labute approximate surface area is 235 Å². The Kier molecular flexibility index (Phi) is 8.83. The number of hydrogen-bond donors (Lipinski definition) is 2. The van der Waals surface area contributed by atoms with Gasteiger partial charge in [0.2, 0.25) is 0 Å². The molecule has 2 atom stereocenters. The van der Waals surface area contributed by atoms with Crippen LogP contribution in [0.2, 0.25) is 0 Å². The van der Waals surface area contributed by atoms with Gasteiger partial charge in [-0.3, -0.25) is 14.8 Å². The highest BCUT2D eigenvalue weighted by atomic mass is 32.2. The van der Waals surface area contributed by atoms with Gasteiger partial charge in [0.15, 0.2) is 0 Å². The summed E-state index contributed by atoms with van der Waals surface area (Å²) in [5.74, 6) is 0.155. The van der Waals surface area contributed by atoms with Crippen molar-refractivity contribution in [1.29, 1.82) is 0 Å². The summed E-state index contributed by atoms with van der Waals surface area (Å²) in [6.07, 6.45) is 1.55. The van der Waals surface area contributed by atoms with Crippen LogP contribution < -0.4 is 10.1 Å². The quantitative estimate of drug-likeness (QED) is 0.457. The lowest BCUT2D eigenvalue weighted by molar-refractivity contribution is -0.146. The topological polar surface area (TPSA) is 151 Å². The number of carboxylic acid groups (broad SMARTS) is 1. The third-order valence-corrected chi connectivity index (χ3v) is 10.4. The lowest BCUT2D eigenvalue weighted by Gasteiger charge is -2.30. The molecule has 2 saturated heterocycles. The number of carbonyl (C=O) groups excluding carboxylic acids is 2. The van der Waals surface area contributed by atoms with Gasteiger partial charge < -0.3 is 14.7 Å². The maximum atomic E-state index is 13.7. The van der Waals surface area contributed by atoms with E-state index < -0.39 is 44.9 Å². The third-order valence-electron chi connectivity index (χ3n) is 6.21. The normalized spacial score (nSPS) is 19.9. The van der Waals surface area contributed by atoms with Crippen LogP contribution in [-0.2, 0) is 33.1 Å². The van der Waals surface area contributed by atoms with Crippen molar-refractivity contribution in [2.75, 3.05) is 30.3 Å². The highest BCUT2D eigenvalue weighted by Gasteiger charge is 2.46. The molecule has 2 amide bonds. The first-order valence-corrected chi connectivity index (χ1v) is 15.8. The molecule has 4 rings (SSSR count). The molecule has 12 nitrogen and oxygen atoms in total. The van der Waals surface area contributed by atoms with Crippen molar-refractivity contribution in [3.8, 4) is 5.75 Å². The number of nitrogens with zero attached hydrogens (tertiary/aromatic N) is 4. The van der Waals surface area contributed by atoms with E-state index in [1.807, 2.05) is 13.8 Å². The molecule has 15 heteroatoms. The van der Waals surface area contributed by atoms with Crippen molar-refractivity contribution in [3.63, 3.8) is 0 Å². The fourth-order valence-electron chi connectivity index (χ4n) is 4.16. The summed E-state index contributed by atoms with van der Waals surface area (Å²) in [7, 11) is -3.04. The standard InChI is InChI=1S/C24H31N5O7S3/c1-24(2)15-38-20(26-24)21(30)29(39(34,35)18-13-25-27(3)14-18)19(22(31)32)12-16-4-6-17(7-5-16)36-23(33)28-8-10-37-11-9-28/h4-7,13-14,19-20,26H,8-12,15H2,1-3H3,(H,31,32)/t19-,20-/m0/s1. The first-order valence-electron chi connectivity index (χ1n) is 12.2. The Morgan fingerprint density at radius 2 is 1.90 bits per heavy atom. The lowest BCUT2D eigenvalue weighted by atomic mass is 10.1. The molecular weight excluding hydrogens is 566 g/mol. The SMILES string of the molecule is Cn1cc(S(=O)(=O)N(C(=O)[C@H]2NC(C)(C)CS2)[C@@H](Cc2ccc(OC(=O)N3CCSCC3)cc2)C(=O)O)cn1. The molecule has 2 fully saturated rings. The average molecular weight is 598 g/mol. The molecule has 212 valence electrons. The Morgan fingerprint density at radius 1 is 1.23 bits per heavy atom. The maximum absolute atomic E-state index is 13.7. The van der Waals surface area contributed by atoms with Gasteiger partial charge in [-0.2, -0.15) is 16.9 Å². The van der Waals surface area contributed by atoms with Gasteiger partial charge >= 0.3 is 12.1 Å². The average Bonchev–Trinajstić information content (AvgIpc) is 3.50. The number of aromatic nitrogens is 2. The number of carboxylic acids is 1. The fourth-order valence-corrected chi connectivity index (χ4v) is 7.99. The van der Waals surface area contributed by atoms with Crippen LogP contribution in [0.15, 0.2) is 41.6 Å². The van der Waals surface area contributed by atoms with Crippen LogP contribution in [0.25, 0.3) is 0 Å². The molecule has 2 aromatic rings.